The Bertz CT molecular complexity index is 327. The second-order valence-corrected chi connectivity index (χ2v) is 4.13. The van der Waals surface area contributed by atoms with Crippen LogP contribution in [0.15, 0.2) is 0 Å². The average molecular weight is 244 g/mol. The first-order valence-electron chi connectivity index (χ1n) is 5.39. The first kappa shape index (κ1) is 13.3. The van der Waals surface area contributed by atoms with E-state index in [-0.39, 0.29) is 6.04 Å². The topological polar surface area (TPSA) is 107 Å². The predicted molar refractivity (Wildman–Crippen MR) is 57.6 cm³/mol. The van der Waals surface area contributed by atoms with Crippen molar-refractivity contribution in [1.82, 2.24) is 10.2 Å². The summed E-state index contributed by atoms with van der Waals surface area (Å²) in [7, 11) is 1.58. The van der Waals surface area contributed by atoms with Gasteiger partial charge in [-0.3, -0.25) is 4.79 Å². The molecule has 3 N–H and O–H groups in total. The fourth-order valence-corrected chi connectivity index (χ4v) is 1.57. The number of nitrogens with one attached hydrogen (secondary N) is 1. The number of carbonyl (C=O) groups is 3. The largest absolute Gasteiger partial charge is 0.481 e. The Balaban J connectivity index is 2.50. The summed E-state index contributed by atoms with van der Waals surface area (Å²) in [4.78, 5) is 34.3. The lowest BCUT2D eigenvalue weighted by atomic mass is 9.92. The minimum absolute atomic E-state index is 0.134. The maximum atomic E-state index is 11.6. The van der Waals surface area contributed by atoms with Gasteiger partial charge in [-0.15, -0.1) is 0 Å². The van der Waals surface area contributed by atoms with Gasteiger partial charge < -0.3 is 20.4 Å². The summed E-state index contributed by atoms with van der Waals surface area (Å²) in [6, 6.07) is -1.79. The summed E-state index contributed by atoms with van der Waals surface area (Å²) in [5, 5.41) is 19.5. The quantitative estimate of drug-likeness (QED) is 0.636. The molecule has 96 valence electrons. The van der Waals surface area contributed by atoms with E-state index in [9.17, 15) is 14.4 Å². The van der Waals surface area contributed by atoms with Gasteiger partial charge in [0.25, 0.3) is 0 Å². The third-order valence-electron chi connectivity index (χ3n) is 2.92. The second kappa shape index (κ2) is 5.51. The highest BCUT2D eigenvalue weighted by molar-refractivity contribution is 5.86. The highest BCUT2D eigenvalue weighted by Crippen LogP contribution is 2.23. The van der Waals surface area contributed by atoms with Crippen molar-refractivity contribution in [3.63, 3.8) is 0 Å². The number of amides is 2. The fourth-order valence-electron chi connectivity index (χ4n) is 1.57. The Morgan fingerprint density at radius 2 is 1.94 bits per heavy atom. The third-order valence-corrected chi connectivity index (χ3v) is 2.92. The third kappa shape index (κ3) is 3.61. The van der Waals surface area contributed by atoms with Crippen LogP contribution < -0.4 is 5.32 Å². The lowest BCUT2D eigenvalue weighted by Crippen LogP contribution is -2.51. The first-order chi connectivity index (χ1) is 7.91. The van der Waals surface area contributed by atoms with Gasteiger partial charge in [-0.25, -0.2) is 9.59 Å². The second-order valence-electron chi connectivity index (χ2n) is 4.13. The molecule has 1 aliphatic carbocycles. The van der Waals surface area contributed by atoms with Gasteiger partial charge in [-0.05, 0) is 19.3 Å². The van der Waals surface area contributed by atoms with E-state index in [0.717, 1.165) is 19.3 Å². The smallest absolute Gasteiger partial charge is 0.326 e. The highest BCUT2D eigenvalue weighted by atomic mass is 16.4. The first-order valence-corrected chi connectivity index (χ1v) is 5.39. The van der Waals surface area contributed by atoms with Crippen LogP contribution in [0.4, 0.5) is 4.79 Å². The molecule has 0 aromatic carbocycles. The summed E-state index contributed by atoms with van der Waals surface area (Å²) >= 11 is 0. The van der Waals surface area contributed by atoms with Crippen molar-refractivity contribution in [1.29, 1.82) is 0 Å². The predicted octanol–water partition coefficient (Wildman–Crippen LogP) is 0.108. The summed E-state index contributed by atoms with van der Waals surface area (Å²) < 4.78 is 0. The number of nitrogens with zero attached hydrogens (tertiary/aromatic N) is 1. The molecule has 1 fully saturated rings. The van der Waals surface area contributed by atoms with Crippen LogP contribution in [0.3, 0.4) is 0 Å². The van der Waals surface area contributed by atoms with Crippen molar-refractivity contribution in [3.8, 4) is 0 Å². The molecule has 0 heterocycles. The van der Waals surface area contributed by atoms with Crippen LogP contribution in [-0.4, -0.2) is 52.2 Å². The molecule has 7 heteroatoms. The van der Waals surface area contributed by atoms with E-state index >= 15 is 0 Å². The van der Waals surface area contributed by atoms with Crippen LogP contribution >= 0.6 is 0 Å². The molecule has 2 amide bonds. The van der Waals surface area contributed by atoms with E-state index in [1.165, 1.54) is 4.90 Å². The van der Waals surface area contributed by atoms with Crippen molar-refractivity contribution < 1.29 is 24.6 Å². The number of rotatable bonds is 5. The molecule has 0 radical (unpaired) electrons. The average Bonchev–Trinajstić information content (AvgIpc) is 2.12. The van der Waals surface area contributed by atoms with Crippen molar-refractivity contribution in [2.24, 2.45) is 0 Å². The normalized spacial score (nSPS) is 16.8. The van der Waals surface area contributed by atoms with Crippen LogP contribution in [0, 0.1) is 0 Å². The molecule has 1 rings (SSSR count). The van der Waals surface area contributed by atoms with E-state index in [1.807, 2.05) is 0 Å². The highest BCUT2D eigenvalue weighted by Gasteiger charge is 2.29. The standard InChI is InChI=1S/C10H16N2O5/c1-12(6-3-2-4-6)10(17)11-7(9(15)16)5-8(13)14/h6-7H,2-5H2,1H3,(H,11,17)(H,13,14)(H,15,16). The van der Waals surface area contributed by atoms with E-state index in [1.54, 1.807) is 7.05 Å². The fraction of sp³-hybridized carbons (Fsp3) is 0.700. The zero-order valence-corrected chi connectivity index (χ0v) is 9.55. The van der Waals surface area contributed by atoms with E-state index in [0.29, 0.717) is 0 Å². The van der Waals surface area contributed by atoms with Gasteiger partial charge in [0.05, 0.1) is 6.42 Å². The van der Waals surface area contributed by atoms with Crippen LogP contribution in [0.5, 0.6) is 0 Å². The molecular weight excluding hydrogens is 228 g/mol. The Morgan fingerprint density at radius 1 is 1.35 bits per heavy atom. The Kier molecular flexibility index (Phi) is 4.30. The maximum absolute atomic E-state index is 11.6. The number of hydrogen-bond donors (Lipinski definition) is 3. The lowest BCUT2D eigenvalue weighted by Gasteiger charge is -2.35. The minimum atomic E-state index is -1.39. The van der Waals surface area contributed by atoms with Gasteiger partial charge in [0.15, 0.2) is 0 Å². The number of urea groups is 1. The zero-order valence-electron chi connectivity index (χ0n) is 9.55. The molecule has 7 nitrogen and oxygen atoms in total. The van der Waals surface area contributed by atoms with Crippen LogP contribution in [-0.2, 0) is 9.59 Å². The van der Waals surface area contributed by atoms with Crippen molar-refractivity contribution >= 4 is 18.0 Å². The Labute approximate surface area is 98.4 Å². The van der Waals surface area contributed by atoms with Gasteiger partial charge in [0.2, 0.25) is 0 Å². The van der Waals surface area contributed by atoms with Gasteiger partial charge in [0, 0.05) is 13.1 Å². The van der Waals surface area contributed by atoms with E-state index in [4.69, 9.17) is 10.2 Å². The molecule has 1 atom stereocenters. The van der Waals surface area contributed by atoms with Gasteiger partial charge >= 0.3 is 18.0 Å². The van der Waals surface area contributed by atoms with Gasteiger partial charge in [-0.2, -0.15) is 0 Å². The zero-order chi connectivity index (χ0) is 13.0. The van der Waals surface area contributed by atoms with Crippen LogP contribution in [0.1, 0.15) is 25.7 Å². The summed E-state index contributed by atoms with van der Waals surface area (Å²) in [6.45, 7) is 0. The number of hydrogen-bond acceptors (Lipinski definition) is 3. The number of aliphatic carboxylic acids is 2. The molecule has 0 saturated heterocycles. The van der Waals surface area contributed by atoms with Gasteiger partial charge in [0.1, 0.15) is 6.04 Å². The summed E-state index contributed by atoms with van der Waals surface area (Å²) in [6.07, 6.45) is 2.24. The monoisotopic (exact) mass is 244 g/mol. The molecule has 0 aromatic rings. The SMILES string of the molecule is CN(C(=O)NC(CC(=O)O)C(=O)O)C1CCC1. The van der Waals surface area contributed by atoms with Gasteiger partial charge in [-0.1, -0.05) is 0 Å². The van der Waals surface area contributed by atoms with Crippen LogP contribution in [0.2, 0.25) is 0 Å². The number of carboxylic acids is 2. The molecular formula is C10H16N2O5. The number of carboxylic acid groups (broad SMARTS) is 2. The number of carbonyl (C=O) groups excluding carboxylic acids is 1. The molecule has 0 aromatic heterocycles. The molecule has 1 unspecified atom stereocenters. The Hall–Kier alpha value is -1.79. The molecule has 17 heavy (non-hydrogen) atoms. The van der Waals surface area contributed by atoms with Crippen LogP contribution in [0.25, 0.3) is 0 Å². The summed E-state index contributed by atoms with van der Waals surface area (Å²) in [5.41, 5.74) is 0. The maximum Gasteiger partial charge on any atom is 0.326 e. The molecule has 0 aliphatic heterocycles. The molecule has 0 bridgehead atoms. The van der Waals surface area contributed by atoms with E-state index < -0.39 is 30.4 Å². The van der Waals surface area contributed by atoms with E-state index in [2.05, 4.69) is 5.32 Å². The molecule has 0 spiro atoms. The molecule has 1 aliphatic rings. The summed E-state index contributed by atoms with van der Waals surface area (Å²) in [5.74, 6) is -2.60. The lowest BCUT2D eigenvalue weighted by molar-refractivity contribution is -0.145. The minimum Gasteiger partial charge on any atom is -0.481 e. The van der Waals surface area contributed by atoms with Crippen molar-refractivity contribution in [3.05, 3.63) is 0 Å². The van der Waals surface area contributed by atoms with Crippen molar-refractivity contribution in [2.75, 3.05) is 7.05 Å². The Morgan fingerprint density at radius 3 is 2.29 bits per heavy atom. The van der Waals surface area contributed by atoms with Crippen molar-refractivity contribution in [2.45, 2.75) is 37.8 Å². The molecule has 1 saturated carbocycles.